The first kappa shape index (κ1) is 16.2. The Morgan fingerprint density at radius 3 is 2.41 bits per heavy atom. The molecule has 0 spiro atoms. The van der Waals surface area contributed by atoms with E-state index >= 15 is 0 Å². The number of pyridine rings is 1. The van der Waals surface area contributed by atoms with E-state index in [0.29, 0.717) is 5.56 Å². The first-order valence-electron chi connectivity index (χ1n) is 7.67. The Balaban J connectivity index is 2.02. The number of amides is 1. The van der Waals surface area contributed by atoms with Gasteiger partial charge in [-0.3, -0.25) is 14.7 Å². The molecule has 0 saturated carbocycles. The number of carbonyl (C=O) groups excluding carboxylic acids is 1. The Hall–Kier alpha value is -2.20. The molecule has 4 nitrogen and oxygen atoms in total. The van der Waals surface area contributed by atoms with E-state index in [4.69, 9.17) is 0 Å². The van der Waals surface area contributed by atoms with Gasteiger partial charge in [0.05, 0.1) is 0 Å². The van der Waals surface area contributed by atoms with Crippen LogP contribution in [0.15, 0.2) is 42.6 Å². The van der Waals surface area contributed by atoms with Crippen LogP contribution in [-0.4, -0.2) is 28.9 Å². The van der Waals surface area contributed by atoms with Gasteiger partial charge in [0.2, 0.25) is 0 Å². The summed E-state index contributed by atoms with van der Waals surface area (Å²) in [5.41, 5.74) is 3.54. The van der Waals surface area contributed by atoms with Crippen LogP contribution in [0, 0.1) is 6.92 Å². The molecule has 0 aliphatic carbocycles. The largest absolute Gasteiger partial charge is 0.322 e. The molecule has 1 heterocycles. The van der Waals surface area contributed by atoms with Crippen LogP contribution < -0.4 is 5.32 Å². The van der Waals surface area contributed by atoms with E-state index in [1.165, 1.54) is 5.56 Å². The van der Waals surface area contributed by atoms with Crippen molar-refractivity contribution in [3.63, 3.8) is 0 Å². The minimum atomic E-state index is -0.0972. The summed E-state index contributed by atoms with van der Waals surface area (Å²) in [5, 5.41) is 2.89. The van der Waals surface area contributed by atoms with E-state index in [0.717, 1.165) is 31.0 Å². The lowest BCUT2D eigenvalue weighted by Gasteiger charge is -2.18. The Morgan fingerprint density at radius 1 is 1.14 bits per heavy atom. The van der Waals surface area contributed by atoms with Crippen molar-refractivity contribution in [3.8, 4) is 0 Å². The highest BCUT2D eigenvalue weighted by Crippen LogP contribution is 2.12. The summed E-state index contributed by atoms with van der Waals surface area (Å²) >= 11 is 0. The zero-order valence-electron chi connectivity index (χ0n) is 13.5. The second kappa shape index (κ2) is 7.71. The number of hydrogen-bond acceptors (Lipinski definition) is 3. The van der Waals surface area contributed by atoms with Crippen molar-refractivity contribution in [2.75, 3.05) is 18.4 Å². The summed E-state index contributed by atoms with van der Waals surface area (Å²) in [6, 6.07) is 11.4. The highest BCUT2D eigenvalue weighted by atomic mass is 16.1. The van der Waals surface area contributed by atoms with Gasteiger partial charge in [0.15, 0.2) is 0 Å². The molecule has 22 heavy (non-hydrogen) atoms. The van der Waals surface area contributed by atoms with E-state index in [2.05, 4.69) is 29.0 Å². The minimum absolute atomic E-state index is 0.0972. The minimum Gasteiger partial charge on any atom is -0.322 e. The van der Waals surface area contributed by atoms with Crippen LogP contribution in [0.4, 0.5) is 5.69 Å². The number of aryl methyl sites for hydroxylation is 1. The molecule has 2 rings (SSSR count). The molecule has 0 fully saturated rings. The summed E-state index contributed by atoms with van der Waals surface area (Å²) in [7, 11) is 0. The van der Waals surface area contributed by atoms with Gasteiger partial charge in [-0.05, 0) is 49.8 Å². The summed E-state index contributed by atoms with van der Waals surface area (Å²) in [6.45, 7) is 9.18. The molecular formula is C18H23N3O. The van der Waals surface area contributed by atoms with E-state index in [9.17, 15) is 4.79 Å². The first-order chi connectivity index (χ1) is 10.6. The first-order valence-corrected chi connectivity index (χ1v) is 7.67. The molecule has 2 aromatic rings. The lowest BCUT2D eigenvalue weighted by Crippen LogP contribution is -2.22. The number of anilines is 1. The van der Waals surface area contributed by atoms with Gasteiger partial charge in [-0.15, -0.1) is 0 Å². The number of rotatable bonds is 6. The molecule has 0 radical (unpaired) electrons. The normalized spacial score (nSPS) is 10.7. The van der Waals surface area contributed by atoms with Crippen LogP contribution in [0.2, 0.25) is 0 Å². The fraction of sp³-hybridized carbons (Fsp3) is 0.333. The van der Waals surface area contributed by atoms with Crippen LogP contribution in [0.3, 0.4) is 0 Å². The summed E-state index contributed by atoms with van der Waals surface area (Å²) in [4.78, 5) is 18.7. The fourth-order valence-electron chi connectivity index (χ4n) is 2.29. The second-order valence-electron chi connectivity index (χ2n) is 5.30. The summed E-state index contributed by atoms with van der Waals surface area (Å²) in [5.74, 6) is -0.0972. The van der Waals surface area contributed by atoms with E-state index in [1.807, 2.05) is 37.3 Å². The van der Waals surface area contributed by atoms with Crippen molar-refractivity contribution in [2.45, 2.75) is 27.3 Å². The van der Waals surface area contributed by atoms with Crippen LogP contribution in [0.25, 0.3) is 0 Å². The van der Waals surface area contributed by atoms with Gasteiger partial charge in [-0.1, -0.05) is 26.0 Å². The third-order valence-corrected chi connectivity index (χ3v) is 3.67. The third-order valence-electron chi connectivity index (χ3n) is 3.67. The molecule has 1 aromatic heterocycles. The smallest absolute Gasteiger partial charge is 0.255 e. The quantitative estimate of drug-likeness (QED) is 0.888. The maximum absolute atomic E-state index is 12.2. The highest BCUT2D eigenvalue weighted by Gasteiger charge is 2.07. The Bertz CT molecular complexity index is 618. The Morgan fingerprint density at radius 2 is 1.82 bits per heavy atom. The molecule has 0 saturated heterocycles. The molecule has 4 heteroatoms. The van der Waals surface area contributed by atoms with E-state index in [-0.39, 0.29) is 5.91 Å². The zero-order chi connectivity index (χ0) is 15.9. The second-order valence-corrected chi connectivity index (χ2v) is 5.30. The highest BCUT2D eigenvalue weighted by molar-refractivity contribution is 6.04. The number of benzene rings is 1. The van der Waals surface area contributed by atoms with Crippen LogP contribution in [-0.2, 0) is 6.54 Å². The topological polar surface area (TPSA) is 45.2 Å². The van der Waals surface area contributed by atoms with Crippen molar-refractivity contribution >= 4 is 11.6 Å². The lowest BCUT2D eigenvalue weighted by atomic mass is 10.1. The standard InChI is InChI=1S/C18H23N3O/c1-4-21(5-2)13-15-6-8-16(9-7-15)18(22)20-17-10-11-19-14(3)12-17/h6-12H,4-5,13H2,1-3H3,(H,19,20,22). The molecule has 0 aliphatic heterocycles. The molecule has 116 valence electrons. The molecular weight excluding hydrogens is 274 g/mol. The third kappa shape index (κ3) is 4.40. The lowest BCUT2D eigenvalue weighted by molar-refractivity contribution is 0.102. The Kier molecular flexibility index (Phi) is 5.67. The Labute approximate surface area is 132 Å². The molecule has 1 aromatic carbocycles. The van der Waals surface area contributed by atoms with Gasteiger partial charge in [0.1, 0.15) is 0 Å². The van der Waals surface area contributed by atoms with E-state index < -0.39 is 0 Å². The number of aromatic nitrogens is 1. The van der Waals surface area contributed by atoms with Gasteiger partial charge in [0, 0.05) is 29.7 Å². The van der Waals surface area contributed by atoms with Crippen molar-refractivity contribution in [2.24, 2.45) is 0 Å². The predicted molar refractivity (Wildman–Crippen MR) is 90.0 cm³/mol. The van der Waals surface area contributed by atoms with Crippen LogP contribution in [0.1, 0.15) is 35.5 Å². The molecule has 0 unspecified atom stereocenters. The average molecular weight is 297 g/mol. The molecule has 0 atom stereocenters. The number of carbonyl (C=O) groups is 1. The van der Waals surface area contributed by atoms with Gasteiger partial charge >= 0.3 is 0 Å². The van der Waals surface area contributed by atoms with Gasteiger partial charge in [-0.2, -0.15) is 0 Å². The number of nitrogens with one attached hydrogen (secondary N) is 1. The molecule has 1 N–H and O–H groups in total. The monoisotopic (exact) mass is 297 g/mol. The maximum atomic E-state index is 12.2. The van der Waals surface area contributed by atoms with Crippen molar-refractivity contribution < 1.29 is 4.79 Å². The molecule has 0 bridgehead atoms. The summed E-state index contributed by atoms with van der Waals surface area (Å²) in [6.07, 6.45) is 1.69. The average Bonchev–Trinajstić information content (AvgIpc) is 2.53. The maximum Gasteiger partial charge on any atom is 0.255 e. The zero-order valence-corrected chi connectivity index (χ0v) is 13.5. The van der Waals surface area contributed by atoms with E-state index in [1.54, 1.807) is 12.3 Å². The summed E-state index contributed by atoms with van der Waals surface area (Å²) < 4.78 is 0. The van der Waals surface area contributed by atoms with Gasteiger partial charge < -0.3 is 5.32 Å². The molecule has 0 aliphatic rings. The van der Waals surface area contributed by atoms with Crippen molar-refractivity contribution in [1.29, 1.82) is 0 Å². The van der Waals surface area contributed by atoms with Crippen LogP contribution in [0.5, 0.6) is 0 Å². The number of nitrogens with zero attached hydrogens (tertiary/aromatic N) is 2. The predicted octanol–water partition coefficient (Wildman–Crippen LogP) is 3.48. The fourth-order valence-corrected chi connectivity index (χ4v) is 2.29. The van der Waals surface area contributed by atoms with Crippen LogP contribution >= 0.6 is 0 Å². The van der Waals surface area contributed by atoms with Gasteiger partial charge in [0.25, 0.3) is 5.91 Å². The molecule has 1 amide bonds. The SMILES string of the molecule is CCN(CC)Cc1ccc(C(=O)Nc2ccnc(C)c2)cc1. The van der Waals surface area contributed by atoms with Gasteiger partial charge in [-0.25, -0.2) is 0 Å². The number of hydrogen-bond donors (Lipinski definition) is 1. The van der Waals surface area contributed by atoms with Crippen molar-refractivity contribution in [1.82, 2.24) is 9.88 Å². The van der Waals surface area contributed by atoms with Crippen molar-refractivity contribution in [3.05, 3.63) is 59.4 Å².